The SMILES string of the molecule is C1#CC2CC=C/C2=C/C=C\C1. The Balaban J connectivity index is 2.34. The van der Waals surface area contributed by atoms with Crippen LogP contribution in [0.3, 0.4) is 0 Å². The Bertz CT molecular complexity index is 292. The Kier molecular flexibility index (Phi) is 1.65. The van der Waals surface area contributed by atoms with Crippen molar-refractivity contribution in [2.45, 2.75) is 12.8 Å². The topological polar surface area (TPSA) is 0 Å². The van der Waals surface area contributed by atoms with Crippen LogP contribution in [0.1, 0.15) is 12.8 Å². The zero-order chi connectivity index (χ0) is 7.52. The summed E-state index contributed by atoms with van der Waals surface area (Å²) < 4.78 is 0. The van der Waals surface area contributed by atoms with Gasteiger partial charge in [-0.05, 0) is 12.0 Å². The molecule has 2 aliphatic carbocycles. The van der Waals surface area contributed by atoms with Gasteiger partial charge in [-0.1, -0.05) is 42.2 Å². The summed E-state index contributed by atoms with van der Waals surface area (Å²) in [7, 11) is 0. The largest absolute Gasteiger partial charge is 0.0985 e. The minimum Gasteiger partial charge on any atom is -0.0985 e. The third kappa shape index (κ3) is 1.28. The second-order valence-electron chi connectivity index (χ2n) is 2.81. The fourth-order valence-corrected chi connectivity index (χ4v) is 1.39. The second-order valence-corrected chi connectivity index (χ2v) is 2.81. The standard InChI is InChI=1S/C11H10/c1-2-4-7-11-9-5-8-10(11)6-3-1/h1,3,5-6,8,11H,2,9H2/b3-1-,10-6-. The molecule has 0 radical (unpaired) electrons. The van der Waals surface area contributed by atoms with E-state index in [4.69, 9.17) is 0 Å². The average molecular weight is 142 g/mol. The van der Waals surface area contributed by atoms with Gasteiger partial charge in [0.25, 0.3) is 0 Å². The summed E-state index contributed by atoms with van der Waals surface area (Å²) >= 11 is 0. The van der Waals surface area contributed by atoms with E-state index in [2.05, 4.69) is 42.2 Å². The Morgan fingerprint density at radius 2 is 2.36 bits per heavy atom. The molecule has 0 saturated carbocycles. The van der Waals surface area contributed by atoms with Gasteiger partial charge in [0.1, 0.15) is 0 Å². The van der Waals surface area contributed by atoms with Crippen LogP contribution in [0.5, 0.6) is 0 Å². The molecule has 0 aromatic rings. The van der Waals surface area contributed by atoms with Crippen LogP contribution < -0.4 is 0 Å². The van der Waals surface area contributed by atoms with E-state index in [-0.39, 0.29) is 0 Å². The Morgan fingerprint density at radius 1 is 1.36 bits per heavy atom. The van der Waals surface area contributed by atoms with Crippen LogP contribution in [0.15, 0.2) is 36.0 Å². The fraction of sp³-hybridized carbons (Fsp3) is 0.273. The van der Waals surface area contributed by atoms with E-state index in [9.17, 15) is 0 Å². The van der Waals surface area contributed by atoms with Crippen molar-refractivity contribution < 1.29 is 0 Å². The maximum atomic E-state index is 3.25. The monoisotopic (exact) mass is 142 g/mol. The molecule has 11 heavy (non-hydrogen) atoms. The molecular formula is C11H10. The van der Waals surface area contributed by atoms with Crippen LogP contribution in [0.25, 0.3) is 0 Å². The first-order valence-electron chi connectivity index (χ1n) is 3.98. The molecule has 0 saturated heterocycles. The van der Waals surface area contributed by atoms with Crippen LogP contribution in [0, 0.1) is 17.8 Å². The average Bonchev–Trinajstić information content (AvgIpc) is 2.35. The maximum absolute atomic E-state index is 3.25. The van der Waals surface area contributed by atoms with Crippen LogP contribution in [0.4, 0.5) is 0 Å². The number of rotatable bonds is 0. The molecular weight excluding hydrogens is 132 g/mol. The summed E-state index contributed by atoms with van der Waals surface area (Å²) in [5, 5.41) is 0. The molecule has 2 rings (SSSR count). The fourth-order valence-electron chi connectivity index (χ4n) is 1.39. The number of hydrogen-bond donors (Lipinski definition) is 0. The molecule has 54 valence electrons. The highest BCUT2D eigenvalue weighted by Gasteiger charge is 2.12. The third-order valence-electron chi connectivity index (χ3n) is 2.01. The first-order valence-corrected chi connectivity index (χ1v) is 3.98. The number of allylic oxidation sites excluding steroid dienone is 6. The maximum Gasteiger partial charge on any atom is 0.0486 e. The predicted octanol–water partition coefficient (Wildman–Crippen LogP) is 2.45. The minimum atomic E-state index is 0.486. The molecule has 0 aromatic carbocycles. The molecule has 0 spiro atoms. The summed E-state index contributed by atoms with van der Waals surface area (Å²) in [6, 6.07) is 0. The highest BCUT2D eigenvalue weighted by atomic mass is 14.1. The lowest BCUT2D eigenvalue weighted by Crippen LogP contribution is -1.93. The first kappa shape index (κ1) is 6.49. The van der Waals surface area contributed by atoms with Crippen LogP contribution in [0.2, 0.25) is 0 Å². The first-order chi connectivity index (χ1) is 5.47. The van der Waals surface area contributed by atoms with Crippen LogP contribution in [-0.4, -0.2) is 0 Å². The molecule has 0 heterocycles. The zero-order valence-electron chi connectivity index (χ0n) is 6.38. The van der Waals surface area contributed by atoms with Gasteiger partial charge in [0.05, 0.1) is 0 Å². The third-order valence-corrected chi connectivity index (χ3v) is 2.01. The quantitative estimate of drug-likeness (QED) is 0.456. The van der Waals surface area contributed by atoms with Crippen molar-refractivity contribution in [1.82, 2.24) is 0 Å². The van der Waals surface area contributed by atoms with Gasteiger partial charge in [0, 0.05) is 12.3 Å². The summed E-state index contributed by atoms with van der Waals surface area (Å²) in [4.78, 5) is 0. The Hall–Kier alpha value is -1.22. The van der Waals surface area contributed by atoms with Gasteiger partial charge >= 0.3 is 0 Å². The lowest BCUT2D eigenvalue weighted by Gasteiger charge is -2.02. The Labute approximate surface area is 67.3 Å². The predicted molar refractivity (Wildman–Crippen MR) is 46.9 cm³/mol. The molecule has 2 aliphatic rings. The normalized spacial score (nSPS) is 33.8. The summed E-state index contributed by atoms with van der Waals surface area (Å²) in [6.45, 7) is 0. The van der Waals surface area contributed by atoms with Crippen molar-refractivity contribution in [3.8, 4) is 11.8 Å². The zero-order valence-corrected chi connectivity index (χ0v) is 6.38. The molecule has 0 aromatic heterocycles. The number of hydrogen-bond acceptors (Lipinski definition) is 0. The highest BCUT2D eigenvalue weighted by Crippen LogP contribution is 2.24. The summed E-state index contributed by atoms with van der Waals surface area (Å²) in [5.74, 6) is 6.88. The highest BCUT2D eigenvalue weighted by molar-refractivity contribution is 5.38. The van der Waals surface area contributed by atoms with Crippen molar-refractivity contribution in [1.29, 1.82) is 0 Å². The van der Waals surface area contributed by atoms with Gasteiger partial charge < -0.3 is 0 Å². The number of fused-ring (bicyclic) bond motifs is 1. The molecule has 0 bridgehead atoms. The summed E-state index contributed by atoms with van der Waals surface area (Å²) in [5.41, 5.74) is 1.37. The van der Waals surface area contributed by atoms with E-state index >= 15 is 0 Å². The van der Waals surface area contributed by atoms with Gasteiger partial charge in [0.2, 0.25) is 0 Å². The van der Waals surface area contributed by atoms with Crippen molar-refractivity contribution in [2.24, 2.45) is 5.92 Å². The van der Waals surface area contributed by atoms with Gasteiger partial charge in [-0.25, -0.2) is 0 Å². The molecule has 0 aliphatic heterocycles. The molecule has 1 unspecified atom stereocenters. The lowest BCUT2D eigenvalue weighted by molar-refractivity contribution is 0.862. The van der Waals surface area contributed by atoms with Crippen molar-refractivity contribution >= 4 is 0 Å². The molecule has 0 fully saturated rings. The van der Waals surface area contributed by atoms with E-state index in [1.165, 1.54) is 5.57 Å². The van der Waals surface area contributed by atoms with E-state index in [0.29, 0.717) is 5.92 Å². The molecule has 0 nitrogen and oxygen atoms in total. The summed E-state index contributed by atoms with van der Waals surface area (Å²) in [6.07, 6.45) is 12.8. The van der Waals surface area contributed by atoms with Gasteiger partial charge in [-0.2, -0.15) is 0 Å². The van der Waals surface area contributed by atoms with Crippen LogP contribution >= 0.6 is 0 Å². The molecule has 0 heteroatoms. The van der Waals surface area contributed by atoms with E-state index in [0.717, 1.165) is 12.8 Å². The molecule has 0 amide bonds. The van der Waals surface area contributed by atoms with E-state index < -0.39 is 0 Å². The lowest BCUT2D eigenvalue weighted by atomic mass is 10.0. The van der Waals surface area contributed by atoms with Crippen molar-refractivity contribution in [2.75, 3.05) is 0 Å². The smallest absolute Gasteiger partial charge is 0.0486 e. The Morgan fingerprint density at radius 3 is 3.36 bits per heavy atom. The second kappa shape index (κ2) is 2.80. The van der Waals surface area contributed by atoms with E-state index in [1.807, 2.05) is 0 Å². The van der Waals surface area contributed by atoms with Gasteiger partial charge in [0.15, 0.2) is 0 Å². The van der Waals surface area contributed by atoms with Crippen LogP contribution in [-0.2, 0) is 0 Å². The van der Waals surface area contributed by atoms with Gasteiger partial charge in [-0.3, -0.25) is 0 Å². The van der Waals surface area contributed by atoms with E-state index in [1.54, 1.807) is 0 Å². The van der Waals surface area contributed by atoms with Crippen molar-refractivity contribution in [3.05, 3.63) is 36.0 Å². The molecule has 0 N–H and O–H groups in total. The molecule has 1 atom stereocenters. The van der Waals surface area contributed by atoms with Gasteiger partial charge in [-0.15, -0.1) is 0 Å². The van der Waals surface area contributed by atoms with Crippen molar-refractivity contribution in [3.63, 3.8) is 0 Å². The minimum absolute atomic E-state index is 0.486.